The fourth-order valence-corrected chi connectivity index (χ4v) is 3.33. The Morgan fingerprint density at radius 2 is 2.00 bits per heavy atom. The van der Waals surface area contributed by atoms with Gasteiger partial charge in [-0.2, -0.15) is 4.98 Å². The number of aromatic nitrogens is 2. The summed E-state index contributed by atoms with van der Waals surface area (Å²) in [6.45, 7) is 10.5. The quantitative estimate of drug-likeness (QED) is 0.778. The van der Waals surface area contributed by atoms with Crippen molar-refractivity contribution in [2.24, 2.45) is 0 Å². The highest BCUT2D eigenvalue weighted by molar-refractivity contribution is 8.23. The van der Waals surface area contributed by atoms with Gasteiger partial charge in [0.25, 0.3) is 0 Å². The van der Waals surface area contributed by atoms with Crippen LogP contribution in [0.3, 0.4) is 0 Å². The van der Waals surface area contributed by atoms with E-state index in [4.69, 9.17) is 16.7 Å². The lowest BCUT2D eigenvalue weighted by Gasteiger charge is -2.19. The van der Waals surface area contributed by atoms with Crippen LogP contribution in [0.4, 0.5) is 0 Å². The van der Waals surface area contributed by atoms with E-state index in [0.29, 0.717) is 5.89 Å². The van der Waals surface area contributed by atoms with Gasteiger partial charge in [-0.1, -0.05) is 49.9 Å². The minimum absolute atomic E-state index is 0.0817. The van der Waals surface area contributed by atoms with Crippen molar-refractivity contribution in [3.05, 3.63) is 11.7 Å². The number of rotatable bonds is 2. The molecule has 0 saturated carbocycles. The normalized spacial score (nSPS) is 17.8. The zero-order chi connectivity index (χ0) is 14.0. The minimum atomic E-state index is -0.0817. The molecule has 19 heavy (non-hydrogen) atoms. The van der Waals surface area contributed by atoms with Gasteiger partial charge in [0.05, 0.1) is 5.25 Å². The molecule has 1 aliphatic heterocycles. The third-order valence-corrected chi connectivity index (χ3v) is 4.66. The van der Waals surface area contributed by atoms with E-state index in [9.17, 15) is 0 Å². The average molecular weight is 299 g/mol. The van der Waals surface area contributed by atoms with Gasteiger partial charge in [-0.3, -0.25) is 0 Å². The largest absolute Gasteiger partial charge is 0.358 e. The summed E-state index contributed by atoms with van der Waals surface area (Å²) in [7, 11) is 0. The number of thioether (sulfide) groups is 1. The lowest BCUT2D eigenvalue weighted by Crippen LogP contribution is -2.23. The SMILES string of the molecule is CC(SC(=S)N1CCCC1)c1nc(C(C)(C)C)no1. The molecule has 1 aliphatic rings. The molecule has 6 heteroatoms. The molecule has 2 heterocycles. The molecule has 1 atom stereocenters. The summed E-state index contributed by atoms with van der Waals surface area (Å²) < 4.78 is 6.30. The van der Waals surface area contributed by atoms with Crippen LogP contribution in [0, 0.1) is 0 Å². The molecule has 0 spiro atoms. The average Bonchev–Trinajstić information content (AvgIpc) is 3.00. The standard InChI is InChI=1S/C13H21N3OS2/c1-9(19-12(18)16-7-5-6-8-16)10-14-11(15-17-10)13(2,3)4/h9H,5-8H2,1-4H3. The Morgan fingerprint density at radius 1 is 1.37 bits per heavy atom. The van der Waals surface area contributed by atoms with Gasteiger partial charge in [0.15, 0.2) is 5.82 Å². The highest BCUT2D eigenvalue weighted by Gasteiger charge is 2.25. The van der Waals surface area contributed by atoms with E-state index in [-0.39, 0.29) is 10.7 Å². The molecule has 1 unspecified atom stereocenters. The lowest BCUT2D eigenvalue weighted by molar-refractivity contribution is 0.364. The highest BCUT2D eigenvalue weighted by Crippen LogP contribution is 2.31. The van der Waals surface area contributed by atoms with Gasteiger partial charge in [-0.15, -0.1) is 0 Å². The molecular formula is C13H21N3OS2. The lowest BCUT2D eigenvalue weighted by atomic mass is 9.96. The first-order valence-electron chi connectivity index (χ1n) is 6.67. The zero-order valence-electron chi connectivity index (χ0n) is 12.0. The van der Waals surface area contributed by atoms with Crippen LogP contribution in [0.25, 0.3) is 0 Å². The summed E-state index contributed by atoms with van der Waals surface area (Å²) in [4.78, 5) is 6.75. The molecular weight excluding hydrogens is 278 g/mol. The van der Waals surface area contributed by atoms with E-state index in [1.165, 1.54) is 12.8 Å². The second kappa shape index (κ2) is 5.79. The number of likely N-dealkylation sites (tertiary alicyclic amines) is 1. The van der Waals surface area contributed by atoms with Crippen LogP contribution < -0.4 is 0 Å². The van der Waals surface area contributed by atoms with Gasteiger partial charge in [0.2, 0.25) is 5.89 Å². The topological polar surface area (TPSA) is 42.2 Å². The van der Waals surface area contributed by atoms with E-state index in [1.807, 2.05) is 0 Å². The molecule has 0 aliphatic carbocycles. The van der Waals surface area contributed by atoms with Gasteiger partial charge in [0.1, 0.15) is 4.32 Å². The van der Waals surface area contributed by atoms with Crippen molar-refractivity contribution in [1.82, 2.24) is 15.0 Å². The predicted octanol–water partition coefficient (Wildman–Crippen LogP) is 3.54. The molecule has 0 amide bonds. The van der Waals surface area contributed by atoms with Gasteiger partial charge in [0, 0.05) is 18.5 Å². The van der Waals surface area contributed by atoms with Gasteiger partial charge in [-0.05, 0) is 19.8 Å². The summed E-state index contributed by atoms with van der Waals surface area (Å²) in [5, 5.41) is 4.17. The minimum Gasteiger partial charge on any atom is -0.358 e. The Bertz CT molecular complexity index is 447. The van der Waals surface area contributed by atoms with Gasteiger partial charge >= 0.3 is 0 Å². The fourth-order valence-electron chi connectivity index (χ4n) is 1.88. The van der Waals surface area contributed by atoms with E-state index in [0.717, 1.165) is 23.2 Å². The van der Waals surface area contributed by atoms with Gasteiger partial charge in [-0.25, -0.2) is 0 Å². The summed E-state index contributed by atoms with van der Waals surface area (Å²) in [6, 6.07) is 0. The molecule has 0 bridgehead atoms. The van der Waals surface area contributed by atoms with Crippen LogP contribution in [-0.2, 0) is 5.41 Å². The maximum absolute atomic E-state index is 5.47. The number of hydrogen-bond donors (Lipinski definition) is 0. The van der Waals surface area contributed by atoms with Crippen molar-refractivity contribution in [3.8, 4) is 0 Å². The molecule has 4 nitrogen and oxygen atoms in total. The fraction of sp³-hybridized carbons (Fsp3) is 0.769. The van der Waals surface area contributed by atoms with Crippen LogP contribution in [0.15, 0.2) is 4.52 Å². The van der Waals surface area contributed by atoms with Crippen LogP contribution in [-0.4, -0.2) is 32.5 Å². The molecule has 1 fully saturated rings. The molecule has 2 rings (SSSR count). The third kappa shape index (κ3) is 3.69. The molecule has 0 N–H and O–H groups in total. The van der Waals surface area contributed by atoms with Crippen molar-refractivity contribution in [2.75, 3.05) is 13.1 Å². The predicted molar refractivity (Wildman–Crippen MR) is 82.4 cm³/mol. The summed E-state index contributed by atoms with van der Waals surface area (Å²) in [5.74, 6) is 1.42. The first kappa shape index (κ1) is 14.8. The maximum atomic E-state index is 5.47. The van der Waals surface area contributed by atoms with Crippen LogP contribution in [0.2, 0.25) is 0 Å². The van der Waals surface area contributed by atoms with Crippen LogP contribution in [0.5, 0.6) is 0 Å². The van der Waals surface area contributed by atoms with Crippen molar-refractivity contribution < 1.29 is 4.52 Å². The Labute approximate surface area is 124 Å². The van der Waals surface area contributed by atoms with Crippen molar-refractivity contribution >= 4 is 28.3 Å². The van der Waals surface area contributed by atoms with E-state index < -0.39 is 0 Å². The van der Waals surface area contributed by atoms with E-state index in [2.05, 4.69) is 42.7 Å². The maximum Gasteiger partial charge on any atom is 0.239 e. The van der Waals surface area contributed by atoms with Gasteiger partial charge < -0.3 is 9.42 Å². The molecule has 106 valence electrons. The Hall–Kier alpha value is -0.620. The molecule has 0 aromatic carbocycles. The smallest absolute Gasteiger partial charge is 0.239 e. The summed E-state index contributed by atoms with van der Waals surface area (Å²) in [6.07, 6.45) is 2.48. The molecule has 1 aromatic heterocycles. The van der Waals surface area contributed by atoms with Crippen molar-refractivity contribution in [1.29, 1.82) is 0 Å². The second-order valence-electron chi connectivity index (χ2n) is 5.93. The molecule has 0 radical (unpaired) electrons. The number of nitrogens with zero attached hydrogens (tertiary/aromatic N) is 3. The van der Waals surface area contributed by atoms with Crippen LogP contribution >= 0.6 is 24.0 Å². The molecule has 1 saturated heterocycles. The van der Waals surface area contributed by atoms with Crippen LogP contribution in [0.1, 0.15) is 57.5 Å². The van der Waals surface area contributed by atoms with E-state index in [1.54, 1.807) is 11.8 Å². The Balaban J connectivity index is 1.97. The number of thiocarbonyl (C=S) groups is 1. The summed E-state index contributed by atoms with van der Waals surface area (Å²) in [5.41, 5.74) is -0.0817. The zero-order valence-corrected chi connectivity index (χ0v) is 13.6. The van der Waals surface area contributed by atoms with E-state index >= 15 is 0 Å². The monoisotopic (exact) mass is 299 g/mol. The third-order valence-electron chi connectivity index (χ3n) is 3.10. The summed E-state index contributed by atoms with van der Waals surface area (Å²) >= 11 is 7.10. The first-order chi connectivity index (χ1) is 8.88. The Morgan fingerprint density at radius 3 is 2.53 bits per heavy atom. The first-order valence-corrected chi connectivity index (χ1v) is 7.96. The van der Waals surface area contributed by atoms with Crippen molar-refractivity contribution in [3.63, 3.8) is 0 Å². The molecule has 1 aromatic rings. The Kier molecular flexibility index (Phi) is 4.50. The highest BCUT2D eigenvalue weighted by atomic mass is 32.2. The number of hydrogen-bond acceptors (Lipinski definition) is 5. The van der Waals surface area contributed by atoms with Crippen molar-refractivity contribution in [2.45, 2.75) is 51.2 Å². The second-order valence-corrected chi connectivity index (χ2v) is 7.90.